The van der Waals surface area contributed by atoms with Crippen LogP contribution in [0, 0.1) is 20.8 Å². The van der Waals surface area contributed by atoms with Crippen LogP contribution in [0.4, 0.5) is 5.69 Å². The van der Waals surface area contributed by atoms with Crippen molar-refractivity contribution in [3.05, 3.63) is 89.2 Å². The first-order valence-corrected chi connectivity index (χ1v) is 11.5. The molecule has 5 rings (SSSR count). The largest absolute Gasteiger partial charge is 0.492 e. The number of aryl methyl sites for hydroxylation is 3. The molecule has 1 atom stereocenters. The quantitative estimate of drug-likeness (QED) is 0.395. The van der Waals surface area contributed by atoms with E-state index in [1.807, 2.05) is 41.3 Å². The Labute approximate surface area is 194 Å². The first-order valence-electron chi connectivity index (χ1n) is 11.5. The molecule has 33 heavy (non-hydrogen) atoms. The lowest BCUT2D eigenvalue weighted by Gasteiger charge is -2.19. The Bertz CT molecular complexity index is 1300. The maximum Gasteiger partial charge on any atom is 0.227 e. The minimum absolute atomic E-state index is 0.0460. The van der Waals surface area contributed by atoms with E-state index < -0.39 is 0 Å². The number of nitrogens with zero attached hydrogens (tertiary/aromatic N) is 3. The van der Waals surface area contributed by atoms with Gasteiger partial charge in [0.05, 0.1) is 17.6 Å². The van der Waals surface area contributed by atoms with Gasteiger partial charge >= 0.3 is 0 Å². The second-order valence-corrected chi connectivity index (χ2v) is 9.03. The SMILES string of the molecule is Cc1cccc(OCCn2c([C@H]3CC(=O)N(c4cc(C)cc(C)c4)C3)nc3ccccc32)c1. The summed E-state index contributed by atoms with van der Waals surface area (Å²) in [5.74, 6) is 2.03. The number of carbonyl (C=O) groups excluding carboxylic acids is 1. The fourth-order valence-corrected chi connectivity index (χ4v) is 4.84. The summed E-state index contributed by atoms with van der Waals surface area (Å²) < 4.78 is 8.27. The average Bonchev–Trinajstić information content (AvgIpc) is 3.34. The fourth-order valence-electron chi connectivity index (χ4n) is 4.84. The number of hydrogen-bond donors (Lipinski definition) is 0. The molecule has 1 aliphatic rings. The van der Waals surface area contributed by atoms with Gasteiger partial charge in [0.2, 0.25) is 5.91 Å². The van der Waals surface area contributed by atoms with E-state index in [0.29, 0.717) is 26.1 Å². The Balaban J connectivity index is 1.41. The number of aromatic nitrogens is 2. The zero-order chi connectivity index (χ0) is 22.9. The lowest BCUT2D eigenvalue weighted by molar-refractivity contribution is -0.117. The normalized spacial score (nSPS) is 16.0. The first-order chi connectivity index (χ1) is 16.0. The van der Waals surface area contributed by atoms with Crippen LogP contribution in [0.5, 0.6) is 5.75 Å². The average molecular weight is 440 g/mol. The van der Waals surface area contributed by atoms with Gasteiger partial charge in [0.1, 0.15) is 18.2 Å². The van der Waals surface area contributed by atoms with Crippen LogP contribution in [0.2, 0.25) is 0 Å². The van der Waals surface area contributed by atoms with Crippen molar-refractivity contribution in [3.63, 3.8) is 0 Å². The van der Waals surface area contributed by atoms with E-state index in [2.05, 4.69) is 55.7 Å². The summed E-state index contributed by atoms with van der Waals surface area (Å²) in [6, 6.07) is 22.6. The number of carbonyl (C=O) groups is 1. The number of imidazole rings is 1. The van der Waals surface area contributed by atoms with E-state index in [1.165, 1.54) is 16.7 Å². The van der Waals surface area contributed by atoms with Gasteiger partial charge in [-0.1, -0.05) is 30.3 Å². The highest BCUT2D eigenvalue weighted by Crippen LogP contribution is 2.34. The molecule has 0 unspecified atom stereocenters. The molecule has 1 aliphatic heterocycles. The van der Waals surface area contributed by atoms with Crippen molar-refractivity contribution in [2.75, 3.05) is 18.1 Å². The Morgan fingerprint density at radius 3 is 2.52 bits per heavy atom. The van der Waals surface area contributed by atoms with Gasteiger partial charge in [-0.3, -0.25) is 4.79 Å². The number of ether oxygens (including phenoxy) is 1. The predicted molar refractivity (Wildman–Crippen MR) is 132 cm³/mol. The second-order valence-electron chi connectivity index (χ2n) is 9.03. The number of fused-ring (bicyclic) bond motifs is 1. The van der Waals surface area contributed by atoms with Gasteiger partial charge in [-0.05, 0) is 73.9 Å². The number of para-hydroxylation sites is 2. The number of anilines is 1. The first kappa shape index (κ1) is 21.3. The molecule has 4 aromatic rings. The van der Waals surface area contributed by atoms with Crippen molar-refractivity contribution < 1.29 is 9.53 Å². The van der Waals surface area contributed by atoms with Gasteiger partial charge in [0, 0.05) is 24.6 Å². The van der Waals surface area contributed by atoms with Crippen LogP contribution in [0.15, 0.2) is 66.7 Å². The van der Waals surface area contributed by atoms with E-state index in [4.69, 9.17) is 9.72 Å². The molecule has 5 heteroatoms. The predicted octanol–water partition coefficient (Wildman–Crippen LogP) is 5.56. The molecule has 1 saturated heterocycles. The molecule has 1 fully saturated rings. The van der Waals surface area contributed by atoms with Gasteiger partial charge in [-0.15, -0.1) is 0 Å². The Hall–Kier alpha value is -3.60. The van der Waals surface area contributed by atoms with Crippen LogP contribution in [-0.4, -0.2) is 28.6 Å². The maximum atomic E-state index is 13.0. The zero-order valence-corrected chi connectivity index (χ0v) is 19.4. The van der Waals surface area contributed by atoms with E-state index in [0.717, 1.165) is 28.3 Å². The smallest absolute Gasteiger partial charge is 0.227 e. The minimum atomic E-state index is 0.0460. The molecule has 0 N–H and O–H groups in total. The van der Waals surface area contributed by atoms with Gasteiger partial charge in [-0.25, -0.2) is 4.98 Å². The lowest BCUT2D eigenvalue weighted by atomic mass is 10.1. The number of benzene rings is 3. The highest BCUT2D eigenvalue weighted by molar-refractivity contribution is 5.96. The Morgan fingerprint density at radius 2 is 1.73 bits per heavy atom. The summed E-state index contributed by atoms with van der Waals surface area (Å²) in [5.41, 5.74) is 6.53. The second kappa shape index (κ2) is 8.74. The molecule has 0 spiro atoms. The summed E-state index contributed by atoms with van der Waals surface area (Å²) in [5, 5.41) is 0. The third-order valence-electron chi connectivity index (χ3n) is 6.27. The van der Waals surface area contributed by atoms with Crippen molar-refractivity contribution in [1.29, 1.82) is 0 Å². The maximum absolute atomic E-state index is 13.0. The molecule has 3 aromatic carbocycles. The van der Waals surface area contributed by atoms with E-state index in [1.54, 1.807) is 0 Å². The summed E-state index contributed by atoms with van der Waals surface area (Å²) in [7, 11) is 0. The Kier molecular flexibility index (Phi) is 5.63. The highest BCUT2D eigenvalue weighted by atomic mass is 16.5. The van der Waals surface area contributed by atoms with Gasteiger partial charge in [-0.2, -0.15) is 0 Å². The molecule has 0 radical (unpaired) electrons. The summed E-state index contributed by atoms with van der Waals surface area (Å²) >= 11 is 0. The minimum Gasteiger partial charge on any atom is -0.492 e. The molecule has 5 nitrogen and oxygen atoms in total. The van der Waals surface area contributed by atoms with Crippen LogP contribution >= 0.6 is 0 Å². The fraction of sp³-hybridized carbons (Fsp3) is 0.286. The van der Waals surface area contributed by atoms with Crippen molar-refractivity contribution in [3.8, 4) is 5.75 Å². The topological polar surface area (TPSA) is 47.4 Å². The number of amides is 1. The van der Waals surface area contributed by atoms with Crippen molar-refractivity contribution in [1.82, 2.24) is 9.55 Å². The van der Waals surface area contributed by atoms with E-state index in [-0.39, 0.29) is 11.8 Å². The van der Waals surface area contributed by atoms with Crippen molar-refractivity contribution in [2.45, 2.75) is 39.7 Å². The molecule has 168 valence electrons. The zero-order valence-electron chi connectivity index (χ0n) is 19.4. The third-order valence-corrected chi connectivity index (χ3v) is 6.27. The monoisotopic (exact) mass is 439 g/mol. The molecule has 2 heterocycles. The molecular weight excluding hydrogens is 410 g/mol. The summed E-state index contributed by atoms with van der Waals surface area (Å²) in [4.78, 5) is 19.9. The lowest BCUT2D eigenvalue weighted by Crippen LogP contribution is -2.25. The standard InChI is InChI=1S/C28H29N3O2/c1-19-7-6-8-24(16-19)33-12-11-30-26-10-5-4-9-25(26)29-28(30)22-17-27(32)31(18-22)23-14-20(2)13-21(3)15-23/h4-10,13-16,22H,11-12,17-18H2,1-3H3/t22-/m0/s1. The van der Waals surface area contributed by atoms with Gasteiger partial charge in [0.15, 0.2) is 0 Å². The highest BCUT2D eigenvalue weighted by Gasteiger charge is 2.35. The molecule has 1 aromatic heterocycles. The molecular formula is C28H29N3O2. The van der Waals surface area contributed by atoms with E-state index in [9.17, 15) is 4.79 Å². The molecule has 1 amide bonds. The third kappa shape index (κ3) is 4.36. The molecule has 0 bridgehead atoms. The molecule has 0 aliphatic carbocycles. The van der Waals surface area contributed by atoms with Crippen LogP contribution in [0.25, 0.3) is 11.0 Å². The van der Waals surface area contributed by atoms with Crippen LogP contribution < -0.4 is 9.64 Å². The van der Waals surface area contributed by atoms with Crippen molar-refractivity contribution in [2.24, 2.45) is 0 Å². The molecule has 0 saturated carbocycles. The number of hydrogen-bond acceptors (Lipinski definition) is 3. The van der Waals surface area contributed by atoms with Crippen molar-refractivity contribution >= 4 is 22.6 Å². The van der Waals surface area contributed by atoms with Crippen LogP contribution in [0.1, 0.15) is 34.9 Å². The summed E-state index contributed by atoms with van der Waals surface area (Å²) in [6.45, 7) is 8.07. The van der Waals surface area contributed by atoms with Gasteiger partial charge in [0.25, 0.3) is 0 Å². The number of rotatable bonds is 6. The van der Waals surface area contributed by atoms with E-state index >= 15 is 0 Å². The van der Waals surface area contributed by atoms with Crippen LogP contribution in [0.3, 0.4) is 0 Å². The van der Waals surface area contributed by atoms with Crippen LogP contribution in [-0.2, 0) is 11.3 Å². The Morgan fingerprint density at radius 1 is 0.939 bits per heavy atom. The van der Waals surface area contributed by atoms with Gasteiger partial charge < -0.3 is 14.2 Å². The summed E-state index contributed by atoms with van der Waals surface area (Å²) in [6.07, 6.45) is 0.467.